The zero-order chi connectivity index (χ0) is 11.9. The molecule has 0 unspecified atom stereocenters. The van der Waals surface area contributed by atoms with Crippen LogP contribution < -0.4 is 0 Å². The van der Waals surface area contributed by atoms with Gasteiger partial charge in [-0.1, -0.05) is 32.3 Å². The molecule has 3 heteroatoms. The molecule has 0 atom stereocenters. The van der Waals surface area contributed by atoms with Gasteiger partial charge in [-0.2, -0.15) is 0 Å². The van der Waals surface area contributed by atoms with Crippen LogP contribution in [0.5, 0.6) is 0 Å². The molecule has 0 N–H and O–H groups in total. The van der Waals surface area contributed by atoms with Crippen molar-refractivity contribution in [1.29, 1.82) is 0 Å². The maximum atomic E-state index is 2.27. The summed E-state index contributed by atoms with van der Waals surface area (Å²) in [5, 5.41) is 4.37. The molecular formula is C14H18S3. The van der Waals surface area contributed by atoms with E-state index in [-0.39, 0.29) is 0 Å². The van der Waals surface area contributed by atoms with Gasteiger partial charge in [0.25, 0.3) is 0 Å². The Kier molecular flexibility index (Phi) is 5.62. The molecular weight excluding hydrogens is 264 g/mol. The summed E-state index contributed by atoms with van der Waals surface area (Å²) in [6.45, 7) is 2.26. The van der Waals surface area contributed by atoms with E-state index < -0.39 is 0 Å². The van der Waals surface area contributed by atoms with Crippen molar-refractivity contribution < 1.29 is 0 Å². The maximum absolute atomic E-state index is 2.27. The van der Waals surface area contributed by atoms with Crippen molar-refractivity contribution in [2.24, 2.45) is 0 Å². The molecule has 0 nitrogen and oxygen atoms in total. The molecule has 92 valence electrons. The van der Waals surface area contributed by atoms with Crippen LogP contribution in [0.25, 0.3) is 9.75 Å². The molecule has 17 heavy (non-hydrogen) atoms. The first kappa shape index (κ1) is 13.2. The normalized spacial score (nSPS) is 10.9. The fourth-order valence-corrected chi connectivity index (χ4v) is 4.83. The third kappa shape index (κ3) is 3.87. The topological polar surface area (TPSA) is 0 Å². The van der Waals surface area contributed by atoms with Gasteiger partial charge >= 0.3 is 0 Å². The van der Waals surface area contributed by atoms with Crippen LogP contribution in [-0.4, -0.2) is 5.75 Å². The molecule has 0 fully saturated rings. The van der Waals surface area contributed by atoms with Gasteiger partial charge in [-0.15, -0.1) is 34.4 Å². The van der Waals surface area contributed by atoms with Gasteiger partial charge < -0.3 is 0 Å². The van der Waals surface area contributed by atoms with Crippen molar-refractivity contribution in [3.05, 3.63) is 29.0 Å². The van der Waals surface area contributed by atoms with Crippen molar-refractivity contribution >= 4 is 34.4 Å². The lowest BCUT2D eigenvalue weighted by atomic mass is 10.2. The third-order valence-corrected chi connectivity index (χ3v) is 5.87. The Morgan fingerprint density at radius 2 is 2.00 bits per heavy atom. The predicted octanol–water partition coefficient (Wildman–Crippen LogP) is 6.15. The summed E-state index contributed by atoms with van der Waals surface area (Å²) in [5.74, 6) is 1.26. The number of thioether (sulfide) groups is 1. The highest BCUT2D eigenvalue weighted by Crippen LogP contribution is 2.38. The fourth-order valence-electron chi connectivity index (χ4n) is 1.71. The molecule has 0 radical (unpaired) electrons. The molecule has 0 amide bonds. The van der Waals surface area contributed by atoms with Crippen LogP contribution in [0.1, 0.15) is 32.6 Å². The summed E-state index contributed by atoms with van der Waals surface area (Å²) >= 11 is 5.72. The van der Waals surface area contributed by atoms with Gasteiger partial charge in [0, 0.05) is 9.77 Å². The van der Waals surface area contributed by atoms with Gasteiger partial charge in [0.1, 0.15) is 0 Å². The minimum absolute atomic E-state index is 1.26. The fraction of sp³-hybridized carbons (Fsp3) is 0.429. The molecule has 0 aromatic carbocycles. The summed E-state index contributed by atoms with van der Waals surface area (Å²) < 4.78 is 0. The summed E-state index contributed by atoms with van der Waals surface area (Å²) in [7, 11) is 0. The van der Waals surface area contributed by atoms with Crippen LogP contribution in [0.2, 0.25) is 0 Å². The number of hydrogen-bond donors (Lipinski definition) is 0. The van der Waals surface area contributed by atoms with E-state index in [1.165, 1.54) is 46.1 Å². The van der Waals surface area contributed by atoms with E-state index in [2.05, 4.69) is 35.9 Å². The number of rotatable bonds is 7. The van der Waals surface area contributed by atoms with E-state index in [9.17, 15) is 0 Å². The number of unbranched alkanes of at least 4 members (excludes halogenated alkanes) is 3. The molecule has 2 rings (SSSR count). The highest BCUT2D eigenvalue weighted by Gasteiger charge is 2.07. The molecule has 0 aliphatic heterocycles. The minimum Gasteiger partial charge on any atom is -0.143 e. The molecule has 0 spiro atoms. The molecule has 0 aliphatic carbocycles. The van der Waals surface area contributed by atoms with Crippen molar-refractivity contribution in [2.45, 2.75) is 37.5 Å². The summed E-state index contributed by atoms with van der Waals surface area (Å²) in [5.41, 5.74) is 0. The van der Waals surface area contributed by atoms with E-state index in [1.807, 2.05) is 34.4 Å². The van der Waals surface area contributed by atoms with Crippen molar-refractivity contribution in [1.82, 2.24) is 0 Å². The van der Waals surface area contributed by atoms with Crippen molar-refractivity contribution in [3.8, 4) is 9.75 Å². The van der Waals surface area contributed by atoms with Crippen molar-refractivity contribution in [3.63, 3.8) is 0 Å². The lowest BCUT2D eigenvalue weighted by Crippen LogP contribution is -1.80. The van der Waals surface area contributed by atoms with E-state index in [0.717, 1.165) is 0 Å². The third-order valence-electron chi connectivity index (χ3n) is 2.63. The highest BCUT2D eigenvalue weighted by atomic mass is 32.2. The summed E-state index contributed by atoms with van der Waals surface area (Å²) in [6.07, 6.45) is 5.42. The molecule has 0 bridgehead atoms. The second-order valence-electron chi connectivity index (χ2n) is 4.00. The molecule has 0 saturated carbocycles. The van der Waals surface area contributed by atoms with E-state index in [1.54, 1.807) is 0 Å². The predicted molar refractivity (Wildman–Crippen MR) is 82.5 cm³/mol. The molecule has 2 heterocycles. The molecule has 2 aromatic heterocycles. The second kappa shape index (κ2) is 7.24. The lowest BCUT2D eigenvalue weighted by molar-refractivity contribution is 0.706. The van der Waals surface area contributed by atoms with E-state index >= 15 is 0 Å². The first-order valence-electron chi connectivity index (χ1n) is 6.16. The molecule has 2 aromatic rings. The zero-order valence-corrected chi connectivity index (χ0v) is 12.6. The van der Waals surface area contributed by atoms with Gasteiger partial charge in [-0.05, 0) is 35.1 Å². The largest absolute Gasteiger partial charge is 0.143 e. The van der Waals surface area contributed by atoms with Crippen LogP contribution in [0, 0.1) is 0 Å². The standard InChI is InChI=1S/C14H18S3/c1-2-3-4-5-9-15-13-8-11-17-14(13)12-7-6-10-16-12/h6-8,10-11H,2-5,9H2,1H3. The van der Waals surface area contributed by atoms with Gasteiger partial charge in [-0.3, -0.25) is 0 Å². The van der Waals surface area contributed by atoms with Crippen LogP contribution in [0.15, 0.2) is 33.9 Å². The maximum Gasteiger partial charge on any atom is 0.0578 e. The number of hydrogen-bond acceptors (Lipinski definition) is 3. The second-order valence-corrected chi connectivity index (χ2v) is 7.00. The first-order valence-corrected chi connectivity index (χ1v) is 8.90. The SMILES string of the molecule is CCCCCCSc1ccsc1-c1cccs1. The average Bonchev–Trinajstić information content (AvgIpc) is 2.98. The van der Waals surface area contributed by atoms with Crippen LogP contribution in [0.3, 0.4) is 0 Å². The van der Waals surface area contributed by atoms with Gasteiger partial charge in [0.05, 0.1) is 4.88 Å². The Hall–Kier alpha value is -0.250. The quantitative estimate of drug-likeness (QED) is 0.433. The molecule has 0 aliphatic rings. The monoisotopic (exact) mass is 282 g/mol. The smallest absolute Gasteiger partial charge is 0.0578 e. The van der Waals surface area contributed by atoms with E-state index in [0.29, 0.717) is 0 Å². The van der Waals surface area contributed by atoms with E-state index in [4.69, 9.17) is 0 Å². The van der Waals surface area contributed by atoms with Gasteiger partial charge in [0.2, 0.25) is 0 Å². The van der Waals surface area contributed by atoms with Crippen LogP contribution in [0.4, 0.5) is 0 Å². The Morgan fingerprint density at radius 3 is 2.76 bits per heavy atom. The average molecular weight is 282 g/mol. The summed E-state index contributed by atoms with van der Waals surface area (Å²) in [4.78, 5) is 4.34. The molecule has 0 saturated heterocycles. The number of thiophene rings is 2. The Balaban J connectivity index is 1.87. The van der Waals surface area contributed by atoms with Gasteiger partial charge in [0.15, 0.2) is 0 Å². The highest BCUT2D eigenvalue weighted by molar-refractivity contribution is 7.99. The Morgan fingerprint density at radius 1 is 1.06 bits per heavy atom. The van der Waals surface area contributed by atoms with Gasteiger partial charge in [-0.25, -0.2) is 0 Å². The van der Waals surface area contributed by atoms with Crippen LogP contribution >= 0.6 is 34.4 Å². The van der Waals surface area contributed by atoms with Crippen molar-refractivity contribution in [2.75, 3.05) is 5.75 Å². The Bertz CT molecular complexity index is 414. The zero-order valence-electron chi connectivity index (χ0n) is 10.1. The lowest BCUT2D eigenvalue weighted by Gasteiger charge is -2.02. The summed E-state index contributed by atoms with van der Waals surface area (Å²) in [6, 6.07) is 6.62. The minimum atomic E-state index is 1.26. The van der Waals surface area contributed by atoms with Crippen LogP contribution in [-0.2, 0) is 0 Å². The first-order chi connectivity index (χ1) is 8.42. The Labute approximate surface area is 116 Å².